The second-order valence-electron chi connectivity index (χ2n) is 6.25. The Kier molecular flexibility index (Phi) is 2.34. The van der Waals surface area contributed by atoms with Gasteiger partial charge >= 0.3 is 0 Å². The third-order valence-corrected chi connectivity index (χ3v) is 5.16. The molecule has 108 valence electrons. The number of benzene rings is 2. The lowest BCUT2D eigenvalue weighted by atomic mass is 9.83. The number of carbonyl (C=O) groups is 1. The van der Waals surface area contributed by atoms with Crippen molar-refractivity contribution in [3.63, 3.8) is 0 Å². The van der Waals surface area contributed by atoms with Gasteiger partial charge in [0.15, 0.2) is 0 Å². The van der Waals surface area contributed by atoms with Gasteiger partial charge in [0.2, 0.25) is 5.91 Å². The fourth-order valence-corrected chi connectivity index (χ4v) is 3.80. The summed E-state index contributed by atoms with van der Waals surface area (Å²) in [5.74, 6) is -0.399. The Morgan fingerprint density at radius 2 is 1.95 bits per heavy atom. The molecule has 2 aliphatic rings. The van der Waals surface area contributed by atoms with Crippen LogP contribution < -0.4 is 5.32 Å². The number of carbonyl (C=O) groups excluding carboxylic acids is 1. The second-order valence-corrected chi connectivity index (χ2v) is 6.25. The average Bonchev–Trinajstić information content (AvgIpc) is 3.08. The lowest BCUT2D eigenvalue weighted by Gasteiger charge is -2.17. The van der Waals surface area contributed by atoms with Crippen LogP contribution in [-0.2, 0) is 15.6 Å². The highest BCUT2D eigenvalue weighted by Gasteiger charge is 2.73. The van der Waals surface area contributed by atoms with Crippen molar-refractivity contribution in [3.8, 4) is 6.07 Å². The highest BCUT2D eigenvalue weighted by Crippen LogP contribution is 2.69. The van der Waals surface area contributed by atoms with Crippen molar-refractivity contribution in [2.75, 3.05) is 5.32 Å². The van der Waals surface area contributed by atoms with Crippen LogP contribution in [0.25, 0.3) is 0 Å². The lowest BCUT2D eigenvalue weighted by molar-refractivity contribution is -0.118. The van der Waals surface area contributed by atoms with Gasteiger partial charge in [0, 0.05) is 11.1 Å². The van der Waals surface area contributed by atoms with E-state index in [1.165, 1.54) is 12.1 Å². The lowest BCUT2D eigenvalue weighted by Crippen LogP contribution is -2.27. The summed E-state index contributed by atoms with van der Waals surface area (Å²) in [6.07, 6.45) is 0.647. The summed E-state index contributed by atoms with van der Waals surface area (Å²) in [5.41, 5.74) is 1.96. The van der Waals surface area contributed by atoms with Crippen molar-refractivity contribution in [1.29, 1.82) is 5.26 Å². The predicted molar refractivity (Wildman–Crippen MR) is 79.8 cm³/mol. The molecule has 0 bridgehead atoms. The van der Waals surface area contributed by atoms with Crippen LogP contribution in [-0.4, -0.2) is 5.91 Å². The molecule has 0 aromatic heterocycles. The van der Waals surface area contributed by atoms with Gasteiger partial charge in [-0.15, -0.1) is 0 Å². The van der Waals surface area contributed by atoms with Crippen LogP contribution in [0.15, 0.2) is 42.5 Å². The van der Waals surface area contributed by atoms with E-state index in [2.05, 4.69) is 11.4 Å². The molecule has 3 nitrogen and oxygen atoms in total. The predicted octanol–water partition coefficient (Wildman–Crippen LogP) is 3.25. The van der Waals surface area contributed by atoms with Gasteiger partial charge in [-0.1, -0.05) is 19.1 Å². The number of nitrogens with zero attached hydrogens (tertiary/aromatic N) is 1. The van der Waals surface area contributed by atoms with Crippen LogP contribution in [0.1, 0.15) is 30.0 Å². The first-order chi connectivity index (χ1) is 10.5. The smallest absolute Gasteiger partial charge is 0.236 e. The monoisotopic (exact) mass is 292 g/mol. The van der Waals surface area contributed by atoms with E-state index >= 15 is 0 Å². The number of anilines is 1. The SMILES string of the molecule is C[C@]1(c2ccc(C#N)cc2)C[C@]12C(=O)Nc1ccc(F)cc12. The van der Waals surface area contributed by atoms with Gasteiger partial charge < -0.3 is 5.32 Å². The first-order valence-electron chi connectivity index (χ1n) is 7.13. The molecule has 1 amide bonds. The van der Waals surface area contributed by atoms with Crippen LogP contribution >= 0.6 is 0 Å². The van der Waals surface area contributed by atoms with Crippen molar-refractivity contribution >= 4 is 11.6 Å². The maximum atomic E-state index is 13.6. The topological polar surface area (TPSA) is 52.9 Å². The van der Waals surface area contributed by atoms with Crippen molar-refractivity contribution in [2.24, 2.45) is 0 Å². The molecule has 4 rings (SSSR count). The Morgan fingerprint density at radius 3 is 2.64 bits per heavy atom. The minimum absolute atomic E-state index is 0.0695. The fourth-order valence-electron chi connectivity index (χ4n) is 3.80. The van der Waals surface area contributed by atoms with Crippen molar-refractivity contribution in [2.45, 2.75) is 24.2 Å². The van der Waals surface area contributed by atoms with Crippen LogP contribution in [0.2, 0.25) is 0 Å². The Labute approximate surface area is 127 Å². The van der Waals surface area contributed by atoms with Gasteiger partial charge in [-0.2, -0.15) is 5.26 Å². The van der Waals surface area contributed by atoms with E-state index in [0.717, 1.165) is 11.1 Å². The third-order valence-electron chi connectivity index (χ3n) is 5.16. The van der Waals surface area contributed by atoms with Crippen LogP contribution in [0.3, 0.4) is 0 Å². The molecule has 1 heterocycles. The molecule has 0 unspecified atom stereocenters. The van der Waals surface area contributed by atoms with Gasteiger partial charge in [-0.25, -0.2) is 4.39 Å². The molecule has 4 heteroatoms. The molecule has 1 aliphatic carbocycles. The van der Waals surface area contributed by atoms with E-state index in [0.29, 0.717) is 17.7 Å². The van der Waals surface area contributed by atoms with Gasteiger partial charge in [0.05, 0.1) is 17.0 Å². The van der Waals surface area contributed by atoms with E-state index in [9.17, 15) is 9.18 Å². The normalized spacial score (nSPS) is 28.1. The molecule has 1 fully saturated rings. The summed E-state index contributed by atoms with van der Waals surface area (Å²) >= 11 is 0. The molecule has 1 spiro atoms. The Hall–Kier alpha value is -2.67. The minimum atomic E-state index is -0.696. The molecule has 2 aromatic rings. The number of hydrogen-bond acceptors (Lipinski definition) is 2. The van der Waals surface area contributed by atoms with Crippen molar-refractivity contribution in [1.82, 2.24) is 0 Å². The fraction of sp³-hybridized carbons (Fsp3) is 0.222. The minimum Gasteiger partial charge on any atom is -0.325 e. The third kappa shape index (κ3) is 1.41. The average molecular weight is 292 g/mol. The molecule has 1 aliphatic heterocycles. The van der Waals surface area contributed by atoms with Crippen LogP contribution in [0, 0.1) is 17.1 Å². The molecule has 22 heavy (non-hydrogen) atoms. The molecule has 0 saturated heterocycles. The zero-order valence-corrected chi connectivity index (χ0v) is 12.0. The first kappa shape index (κ1) is 13.0. The number of halogens is 1. The van der Waals surface area contributed by atoms with Gasteiger partial charge in [0.25, 0.3) is 0 Å². The maximum absolute atomic E-state index is 13.6. The van der Waals surface area contributed by atoms with E-state index in [1.54, 1.807) is 18.2 Å². The molecule has 2 aromatic carbocycles. The van der Waals surface area contributed by atoms with Crippen LogP contribution in [0.5, 0.6) is 0 Å². The number of rotatable bonds is 1. The largest absolute Gasteiger partial charge is 0.325 e. The highest BCUT2D eigenvalue weighted by atomic mass is 19.1. The Balaban J connectivity index is 1.83. The summed E-state index contributed by atoms with van der Waals surface area (Å²) in [6, 6.07) is 13.8. The highest BCUT2D eigenvalue weighted by molar-refractivity contribution is 6.10. The zero-order chi connectivity index (χ0) is 15.5. The summed E-state index contributed by atoms with van der Waals surface area (Å²) in [4.78, 5) is 12.6. The van der Waals surface area contributed by atoms with E-state index < -0.39 is 5.41 Å². The molecule has 0 radical (unpaired) electrons. The molecular formula is C18H13FN2O. The number of nitrogens with one attached hydrogen (secondary N) is 1. The number of fused-ring (bicyclic) bond motifs is 2. The second kappa shape index (κ2) is 3.95. The van der Waals surface area contributed by atoms with Crippen molar-refractivity contribution in [3.05, 3.63) is 65.0 Å². The number of nitriles is 1. The Morgan fingerprint density at radius 1 is 1.23 bits per heavy atom. The molecule has 1 N–H and O–H groups in total. The number of hydrogen-bond donors (Lipinski definition) is 1. The van der Waals surface area contributed by atoms with Gasteiger partial charge in [0.1, 0.15) is 5.82 Å². The number of amides is 1. The summed E-state index contributed by atoms with van der Waals surface area (Å²) in [7, 11) is 0. The summed E-state index contributed by atoms with van der Waals surface area (Å²) < 4.78 is 13.6. The molecule has 1 saturated carbocycles. The van der Waals surface area contributed by atoms with E-state index in [4.69, 9.17) is 5.26 Å². The Bertz CT molecular complexity index is 852. The van der Waals surface area contributed by atoms with Gasteiger partial charge in [-0.05, 0) is 47.9 Å². The van der Waals surface area contributed by atoms with E-state index in [1.807, 2.05) is 19.1 Å². The summed E-state index contributed by atoms with van der Waals surface area (Å²) in [6.45, 7) is 2.02. The van der Waals surface area contributed by atoms with Gasteiger partial charge in [-0.3, -0.25) is 4.79 Å². The first-order valence-corrected chi connectivity index (χ1v) is 7.13. The molecular weight excluding hydrogens is 279 g/mol. The standard InChI is InChI=1S/C18H13FN2O/c1-17(12-4-2-11(9-20)3-5-12)10-18(17)14-8-13(19)6-7-15(14)21-16(18)22/h2-8H,10H2,1H3,(H,21,22)/t17-,18+/m1/s1. The van der Waals surface area contributed by atoms with E-state index in [-0.39, 0.29) is 17.1 Å². The maximum Gasteiger partial charge on any atom is 0.236 e. The quantitative estimate of drug-likeness (QED) is 0.877. The summed E-state index contributed by atoms with van der Waals surface area (Å²) in [5, 5.41) is 11.8. The van der Waals surface area contributed by atoms with Crippen LogP contribution in [0.4, 0.5) is 10.1 Å². The van der Waals surface area contributed by atoms with Crippen molar-refractivity contribution < 1.29 is 9.18 Å². The zero-order valence-electron chi connectivity index (χ0n) is 12.0. The molecule has 2 atom stereocenters.